The van der Waals surface area contributed by atoms with Gasteiger partial charge in [0, 0.05) is 11.9 Å². The van der Waals surface area contributed by atoms with E-state index in [1.165, 1.54) is 50.2 Å². The number of primary amides is 1. The van der Waals surface area contributed by atoms with Crippen LogP contribution >= 0.6 is 0 Å². The molecule has 1 aliphatic heterocycles. The molecule has 0 aliphatic carbocycles. The second-order valence-electron chi connectivity index (χ2n) is 4.80. The van der Waals surface area contributed by atoms with Crippen LogP contribution in [0.1, 0.15) is 12.8 Å². The Bertz CT molecular complexity index is 534. The van der Waals surface area contributed by atoms with Crippen LogP contribution in [0, 0.1) is 0 Å². The summed E-state index contributed by atoms with van der Waals surface area (Å²) in [6.07, 6.45) is 3.94. The molecule has 7 heteroatoms. The van der Waals surface area contributed by atoms with Gasteiger partial charge in [-0.2, -0.15) is 0 Å². The maximum atomic E-state index is 11.1. The van der Waals surface area contributed by atoms with E-state index in [0.717, 1.165) is 6.26 Å². The fourth-order valence-corrected chi connectivity index (χ4v) is 2.43. The minimum Gasteiger partial charge on any atom is -0.351 e. The second kappa shape index (κ2) is 7.25. The van der Waals surface area contributed by atoms with Crippen molar-refractivity contribution in [2.45, 2.75) is 17.7 Å². The van der Waals surface area contributed by atoms with E-state index in [0.29, 0.717) is 5.69 Å². The smallest absolute Gasteiger partial charge is 0.316 e. The number of nitrogens with zero attached hydrogens (tertiary/aromatic N) is 1. The van der Waals surface area contributed by atoms with Crippen molar-refractivity contribution in [1.82, 2.24) is 4.90 Å². The summed E-state index contributed by atoms with van der Waals surface area (Å²) in [5.41, 5.74) is 5.34. The lowest BCUT2D eigenvalue weighted by atomic mass is 10.3. The van der Waals surface area contributed by atoms with E-state index >= 15 is 0 Å². The molecule has 1 saturated heterocycles. The number of hydrogen-bond donors (Lipinski definition) is 2. The zero-order valence-electron chi connectivity index (χ0n) is 11.8. The van der Waals surface area contributed by atoms with Crippen molar-refractivity contribution in [1.29, 1.82) is 0 Å². The summed E-state index contributed by atoms with van der Waals surface area (Å²) in [6.45, 7) is 2.64. The van der Waals surface area contributed by atoms with Gasteiger partial charge in [-0.05, 0) is 57.2 Å². The van der Waals surface area contributed by atoms with E-state index in [-0.39, 0.29) is 4.90 Å². The minimum absolute atomic E-state index is 0.201. The summed E-state index contributed by atoms with van der Waals surface area (Å²) in [7, 11) is -1.02. The highest BCUT2D eigenvalue weighted by Gasteiger charge is 2.06. The summed E-state index contributed by atoms with van der Waals surface area (Å²) in [5.74, 6) is 0. The van der Waals surface area contributed by atoms with Crippen molar-refractivity contribution in [3.8, 4) is 0 Å². The Kier molecular flexibility index (Phi) is 5.97. The van der Waals surface area contributed by atoms with Crippen LogP contribution in [0.2, 0.25) is 0 Å². The monoisotopic (exact) mass is 299 g/mol. The van der Waals surface area contributed by atoms with Crippen molar-refractivity contribution >= 4 is 21.6 Å². The van der Waals surface area contributed by atoms with Crippen LogP contribution in [0.5, 0.6) is 0 Å². The number of likely N-dealkylation sites (tertiary alicyclic amines) is 1. The van der Waals surface area contributed by atoms with E-state index in [1.54, 1.807) is 0 Å². The van der Waals surface area contributed by atoms with E-state index in [2.05, 4.69) is 17.3 Å². The van der Waals surface area contributed by atoms with Crippen LogP contribution < -0.4 is 11.1 Å². The quantitative estimate of drug-likeness (QED) is 0.860. The number of sulfone groups is 1. The molecule has 0 aromatic heterocycles. The first-order valence-electron chi connectivity index (χ1n) is 6.34. The summed E-state index contributed by atoms with van der Waals surface area (Å²) in [6, 6.07) is 5.07. The predicted molar refractivity (Wildman–Crippen MR) is 79.5 cm³/mol. The molecule has 3 N–H and O–H groups in total. The van der Waals surface area contributed by atoms with Gasteiger partial charge >= 0.3 is 6.03 Å². The molecular weight excluding hydrogens is 278 g/mol. The van der Waals surface area contributed by atoms with Gasteiger partial charge in [0.1, 0.15) is 0 Å². The predicted octanol–water partition coefficient (Wildman–Crippen LogP) is 1.29. The maximum absolute atomic E-state index is 11.1. The molecule has 1 aliphatic rings. The molecule has 0 spiro atoms. The van der Waals surface area contributed by atoms with Gasteiger partial charge in [-0.25, -0.2) is 13.2 Å². The highest BCUT2D eigenvalue weighted by Crippen LogP contribution is 2.13. The Balaban J connectivity index is 0.000000276. The number of hydrogen-bond acceptors (Lipinski definition) is 4. The van der Waals surface area contributed by atoms with Crippen molar-refractivity contribution in [3.05, 3.63) is 24.3 Å². The first-order valence-corrected chi connectivity index (χ1v) is 8.23. The molecule has 0 bridgehead atoms. The Hall–Kier alpha value is -1.60. The number of nitrogens with two attached hydrogens (primary N) is 1. The van der Waals surface area contributed by atoms with E-state index < -0.39 is 15.9 Å². The molecule has 1 aromatic rings. The van der Waals surface area contributed by atoms with Crippen molar-refractivity contribution < 1.29 is 13.2 Å². The maximum Gasteiger partial charge on any atom is 0.316 e. The number of carbonyl (C=O) groups excluding carboxylic acids is 1. The van der Waals surface area contributed by atoms with Crippen LogP contribution in [0.25, 0.3) is 0 Å². The number of carbonyl (C=O) groups is 1. The average Bonchev–Trinajstić information content (AvgIpc) is 2.80. The normalized spacial score (nSPS) is 15.3. The van der Waals surface area contributed by atoms with Gasteiger partial charge in [-0.3, -0.25) is 0 Å². The summed E-state index contributed by atoms with van der Waals surface area (Å²) in [5, 5.41) is 2.33. The van der Waals surface area contributed by atoms with E-state index in [4.69, 9.17) is 5.73 Å². The second-order valence-corrected chi connectivity index (χ2v) is 6.81. The van der Waals surface area contributed by atoms with Crippen LogP contribution in [-0.2, 0) is 9.84 Å². The fourth-order valence-electron chi connectivity index (χ4n) is 1.80. The Morgan fingerprint density at radius 1 is 1.20 bits per heavy atom. The van der Waals surface area contributed by atoms with Gasteiger partial charge in [0.15, 0.2) is 9.84 Å². The van der Waals surface area contributed by atoms with Crippen LogP contribution in [-0.4, -0.2) is 45.7 Å². The third-order valence-electron chi connectivity index (χ3n) is 2.88. The lowest BCUT2D eigenvalue weighted by Gasteiger charge is -2.02. The van der Waals surface area contributed by atoms with E-state index in [9.17, 15) is 13.2 Å². The number of benzene rings is 1. The van der Waals surface area contributed by atoms with Gasteiger partial charge in [0.05, 0.1) is 4.90 Å². The Morgan fingerprint density at radius 2 is 1.70 bits per heavy atom. The molecule has 0 atom stereocenters. The zero-order valence-corrected chi connectivity index (χ0v) is 12.6. The molecule has 1 aromatic carbocycles. The summed E-state index contributed by atoms with van der Waals surface area (Å²) in [4.78, 5) is 13.0. The van der Waals surface area contributed by atoms with Crippen LogP contribution in [0.3, 0.4) is 0 Å². The molecule has 1 heterocycles. The molecule has 0 radical (unpaired) electrons. The fraction of sp³-hybridized carbons (Fsp3) is 0.462. The average molecular weight is 299 g/mol. The summed E-state index contributed by atoms with van der Waals surface area (Å²) >= 11 is 0. The summed E-state index contributed by atoms with van der Waals surface area (Å²) < 4.78 is 22.1. The molecule has 112 valence electrons. The molecule has 20 heavy (non-hydrogen) atoms. The highest BCUT2D eigenvalue weighted by atomic mass is 32.2. The molecule has 6 nitrogen and oxygen atoms in total. The van der Waals surface area contributed by atoms with Crippen molar-refractivity contribution in [3.63, 3.8) is 0 Å². The standard InChI is InChI=1S/C8H10N2O3S.C5H11N/c1-14(12,13)7-4-2-6(3-5-7)10-8(9)11;1-6-4-2-3-5-6/h2-5H,1H3,(H3,9,10,11);2-5H2,1H3. The van der Waals surface area contributed by atoms with Crippen molar-refractivity contribution in [2.24, 2.45) is 5.73 Å². The minimum atomic E-state index is -3.19. The SMILES string of the molecule is CN1CCCC1.CS(=O)(=O)c1ccc(NC(N)=O)cc1. The molecule has 2 rings (SSSR count). The lowest BCUT2D eigenvalue weighted by molar-refractivity contribution is 0.259. The number of nitrogens with one attached hydrogen (secondary N) is 1. The lowest BCUT2D eigenvalue weighted by Crippen LogP contribution is -2.19. The Morgan fingerprint density at radius 3 is 2.00 bits per heavy atom. The van der Waals surface area contributed by atoms with Gasteiger partial charge in [0.2, 0.25) is 0 Å². The number of urea groups is 1. The van der Waals surface area contributed by atoms with Crippen molar-refractivity contribution in [2.75, 3.05) is 31.7 Å². The van der Waals surface area contributed by atoms with Gasteiger partial charge in [-0.1, -0.05) is 0 Å². The van der Waals surface area contributed by atoms with Crippen LogP contribution in [0.15, 0.2) is 29.2 Å². The third-order valence-corrected chi connectivity index (χ3v) is 4.01. The highest BCUT2D eigenvalue weighted by molar-refractivity contribution is 7.90. The van der Waals surface area contributed by atoms with Gasteiger partial charge in [-0.15, -0.1) is 0 Å². The molecule has 0 unspecified atom stereocenters. The Labute approximate surface area is 119 Å². The van der Waals surface area contributed by atoms with Crippen LogP contribution in [0.4, 0.5) is 10.5 Å². The topological polar surface area (TPSA) is 92.5 Å². The van der Waals surface area contributed by atoms with Gasteiger partial charge < -0.3 is 16.0 Å². The number of anilines is 1. The zero-order chi connectivity index (χ0) is 15.2. The largest absolute Gasteiger partial charge is 0.351 e. The molecule has 1 fully saturated rings. The molecule has 2 amide bonds. The first kappa shape index (κ1) is 16.5. The number of rotatable bonds is 2. The molecule has 0 saturated carbocycles. The van der Waals surface area contributed by atoms with Gasteiger partial charge in [0.25, 0.3) is 0 Å². The van der Waals surface area contributed by atoms with E-state index in [1.807, 2.05) is 0 Å². The number of amides is 2. The third kappa shape index (κ3) is 6.03. The molecular formula is C13H21N3O3S. The first-order chi connectivity index (χ1) is 9.29.